The fourth-order valence-corrected chi connectivity index (χ4v) is 4.44. The van der Waals surface area contributed by atoms with Gasteiger partial charge in [-0.2, -0.15) is 5.10 Å². The van der Waals surface area contributed by atoms with Crippen LogP contribution in [0, 0.1) is 0 Å². The van der Waals surface area contributed by atoms with E-state index in [1.165, 1.54) is 16.3 Å². The van der Waals surface area contributed by atoms with Gasteiger partial charge in [-0.05, 0) is 47.4 Å². The Hall–Kier alpha value is -3.45. The van der Waals surface area contributed by atoms with Crippen LogP contribution in [0.15, 0.2) is 71.3 Å². The topological polar surface area (TPSA) is 63.5 Å². The standard InChI is InChI=1S/C23H21N5OS/c1-28-21-6-4-3-5-18(21)19-11-16(24-13-22(19)28)12-25-27-23-26-20(14-30-23)15-7-9-17(29-2)10-8-15/h3-14,23,26-27H,1-2H3. The van der Waals surface area contributed by atoms with Crippen LogP contribution in [0.1, 0.15) is 11.3 Å². The van der Waals surface area contributed by atoms with Crippen molar-refractivity contribution in [2.75, 3.05) is 7.11 Å². The van der Waals surface area contributed by atoms with Crippen molar-refractivity contribution in [3.63, 3.8) is 0 Å². The van der Waals surface area contributed by atoms with E-state index in [4.69, 9.17) is 4.74 Å². The zero-order valence-corrected chi connectivity index (χ0v) is 17.5. The fraction of sp³-hybridized carbons (Fsp3) is 0.130. The molecule has 0 bridgehead atoms. The molecule has 0 aliphatic carbocycles. The minimum Gasteiger partial charge on any atom is -0.497 e. The Balaban J connectivity index is 1.27. The van der Waals surface area contributed by atoms with Crippen molar-refractivity contribution in [2.24, 2.45) is 12.1 Å². The molecular formula is C23H21N5OS. The van der Waals surface area contributed by atoms with Gasteiger partial charge in [-0.15, -0.1) is 0 Å². The molecule has 0 saturated carbocycles. The Kier molecular flexibility index (Phi) is 4.80. The number of nitrogens with zero attached hydrogens (tertiary/aromatic N) is 3. The number of benzene rings is 2. The molecular weight excluding hydrogens is 394 g/mol. The predicted octanol–water partition coefficient (Wildman–Crippen LogP) is 4.28. The van der Waals surface area contributed by atoms with Gasteiger partial charge in [0.25, 0.3) is 0 Å². The molecule has 0 saturated heterocycles. The van der Waals surface area contributed by atoms with E-state index >= 15 is 0 Å². The van der Waals surface area contributed by atoms with E-state index in [2.05, 4.69) is 68.2 Å². The molecule has 0 spiro atoms. The number of nitrogens with one attached hydrogen (secondary N) is 2. The number of hydrogen-bond acceptors (Lipinski definition) is 6. The van der Waals surface area contributed by atoms with Crippen LogP contribution in [0.25, 0.3) is 27.5 Å². The quantitative estimate of drug-likeness (QED) is 0.376. The Morgan fingerprint density at radius 3 is 2.80 bits per heavy atom. The molecule has 2 aromatic carbocycles. The van der Waals surface area contributed by atoms with Crippen LogP contribution in [-0.4, -0.2) is 28.4 Å². The van der Waals surface area contributed by atoms with Crippen LogP contribution in [-0.2, 0) is 7.05 Å². The van der Waals surface area contributed by atoms with E-state index in [0.29, 0.717) is 0 Å². The molecule has 1 atom stereocenters. The first-order valence-electron chi connectivity index (χ1n) is 9.61. The largest absolute Gasteiger partial charge is 0.497 e. The summed E-state index contributed by atoms with van der Waals surface area (Å²) in [5.41, 5.74) is 8.42. The van der Waals surface area contributed by atoms with Crippen LogP contribution in [0.4, 0.5) is 0 Å². The Morgan fingerprint density at radius 2 is 1.97 bits per heavy atom. The Morgan fingerprint density at radius 1 is 1.13 bits per heavy atom. The summed E-state index contributed by atoms with van der Waals surface area (Å²) >= 11 is 1.65. The van der Waals surface area contributed by atoms with Crippen molar-refractivity contribution in [1.29, 1.82) is 0 Å². The van der Waals surface area contributed by atoms with Crippen LogP contribution in [0.5, 0.6) is 5.75 Å². The number of thioether (sulfide) groups is 1. The lowest BCUT2D eigenvalue weighted by Crippen LogP contribution is -2.31. The van der Waals surface area contributed by atoms with Crippen molar-refractivity contribution >= 4 is 45.5 Å². The maximum Gasteiger partial charge on any atom is 0.165 e. The van der Waals surface area contributed by atoms with Gasteiger partial charge in [-0.3, -0.25) is 10.4 Å². The van der Waals surface area contributed by atoms with Crippen LogP contribution >= 0.6 is 11.8 Å². The van der Waals surface area contributed by atoms with Gasteiger partial charge in [0.2, 0.25) is 0 Å². The summed E-state index contributed by atoms with van der Waals surface area (Å²) < 4.78 is 7.38. The van der Waals surface area contributed by atoms with Crippen LogP contribution < -0.4 is 15.5 Å². The van der Waals surface area contributed by atoms with E-state index in [-0.39, 0.29) is 5.50 Å². The zero-order chi connectivity index (χ0) is 20.5. The lowest BCUT2D eigenvalue weighted by Gasteiger charge is -2.12. The third-order valence-electron chi connectivity index (χ3n) is 5.22. The van der Waals surface area contributed by atoms with Gasteiger partial charge in [-0.25, -0.2) is 0 Å². The highest BCUT2D eigenvalue weighted by atomic mass is 32.2. The minimum atomic E-state index is -0.0281. The average molecular weight is 416 g/mol. The fourth-order valence-electron chi connectivity index (χ4n) is 3.64. The molecule has 6 nitrogen and oxygen atoms in total. The van der Waals surface area contributed by atoms with E-state index in [1.807, 2.05) is 30.5 Å². The Labute approximate surface area is 178 Å². The maximum atomic E-state index is 5.22. The highest BCUT2D eigenvalue weighted by Gasteiger charge is 2.16. The summed E-state index contributed by atoms with van der Waals surface area (Å²) in [7, 11) is 3.74. The number of hydrogen-bond donors (Lipinski definition) is 2. The SMILES string of the molecule is COc1ccc(C2=CSC(NN=Cc3cc4c5ccccc5n(C)c4cn3)N2)cc1. The van der Waals surface area contributed by atoms with Crippen molar-refractivity contribution < 1.29 is 4.74 Å². The molecule has 7 heteroatoms. The van der Waals surface area contributed by atoms with Gasteiger partial charge in [0.15, 0.2) is 5.50 Å². The summed E-state index contributed by atoms with van der Waals surface area (Å²) in [6.45, 7) is 0. The van der Waals surface area contributed by atoms with Crippen molar-refractivity contribution in [3.05, 3.63) is 77.5 Å². The minimum absolute atomic E-state index is 0.0281. The molecule has 3 heterocycles. The second-order valence-corrected chi connectivity index (χ2v) is 7.99. The third kappa shape index (κ3) is 3.37. The van der Waals surface area contributed by atoms with Crippen molar-refractivity contribution in [1.82, 2.24) is 20.3 Å². The maximum absolute atomic E-state index is 5.22. The number of fused-ring (bicyclic) bond motifs is 3. The number of aryl methyl sites for hydroxylation is 1. The summed E-state index contributed by atoms with van der Waals surface area (Å²) in [4.78, 5) is 4.54. The second-order valence-electron chi connectivity index (χ2n) is 7.01. The molecule has 1 unspecified atom stereocenters. The van der Waals surface area contributed by atoms with E-state index in [0.717, 1.165) is 28.2 Å². The monoisotopic (exact) mass is 415 g/mol. The zero-order valence-electron chi connectivity index (χ0n) is 16.7. The average Bonchev–Trinajstić information content (AvgIpc) is 3.37. The molecule has 1 aliphatic heterocycles. The molecule has 0 fully saturated rings. The molecule has 150 valence electrons. The lowest BCUT2D eigenvalue weighted by molar-refractivity contribution is 0.415. The molecule has 2 N–H and O–H groups in total. The van der Waals surface area contributed by atoms with Crippen molar-refractivity contribution in [2.45, 2.75) is 5.50 Å². The summed E-state index contributed by atoms with van der Waals surface area (Å²) in [6, 6.07) is 18.4. The first-order chi connectivity index (χ1) is 14.7. The number of aromatic nitrogens is 2. The van der Waals surface area contributed by atoms with Gasteiger partial charge in [0.1, 0.15) is 5.75 Å². The van der Waals surface area contributed by atoms with Gasteiger partial charge < -0.3 is 14.6 Å². The summed E-state index contributed by atoms with van der Waals surface area (Å²) in [5, 5.41) is 12.3. The predicted molar refractivity (Wildman–Crippen MR) is 124 cm³/mol. The molecule has 30 heavy (non-hydrogen) atoms. The Bertz CT molecular complexity index is 1280. The first kappa shape index (κ1) is 18.6. The molecule has 0 radical (unpaired) electrons. The first-order valence-corrected chi connectivity index (χ1v) is 10.6. The molecule has 0 amide bonds. The van der Waals surface area contributed by atoms with Gasteiger partial charge in [-0.1, -0.05) is 30.0 Å². The highest BCUT2D eigenvalue weighted by molar-refractivity contribution is 8.03. The van der Waals surface area contributed by atoms with Crippen LogP contribution in [0.3, 0.4) is 0 Å². The summed E-state index contributed by atoms with van der Waals surface area (Å²) in [5.74, 6) is 0.847. The number of hydrazone groups is 1. The lowest BCUT2D eigenvalue weighted by atomic mass is 10.2. The number of ether oxygens (including phenoxy) is 1. The van der Waals surface area contributed by atoms with Gasteiger partial charge in [0.05, 0.1) is 36.4 Å². The molecule has 4 aromatic rings. The third-order valence-corrected chi connectivity index (χ3v) is 6.09. The smallest absolute Gasteiger partial charge is 0.165 e. The van der Waals surface area contributed by atoms with Gasteiger partial charge in [0, 0.05) is 23.3 Å². The number of para-hydroxylation sites is 1. The van der Waals surface area contributed by atoms with Gasteiger partial charge >= 0.3 is 0 Å². The number of methoxy groups -OCH3 is 1. The van der Waals surface area contributed by atoms with Crippen molar-refractivity contribution in [3.8, 4) is 5.75 Å². The highest BCUT2D eigenvalue weighted by Crippen LogP contribution is 2.28. The van der Waals surface area contributed by atoms with E-state index in [9.17, 15) is 0 Å². The molecule has 1 aliphatic rings. The second kappa shape index (κ2) is 7.76. The van der Waals surface area contributed by atoms with E-state index in [1.54, 1.807) is 25.1 Å². The number of rotatable bonds is 5. The normalized spacial score (nSPS) is 16.2. The van der Waals surface area contributed by atoms with Crippen LogP contribution in [0.2, 0.25) is 0 Å². The molecule has 2 aromatic heterocycles. The summed E-state index contributed by atoms with van der Waals surface area (Å²) in [6.07, 6.45) is 3.66. The number of pyridine rings is 1. The molecule has 5 rings (SSSR count). The van der Waals surface area contributed by atoms with E-state index < -0.39 is 0 Å².